The maximum Gasteiger partial charge on any atom is 0.187 e. The molecule has 0 radical (unpaired) electrons. The first-order valence-corrected chi connectivity index (χ1v) is 5.32. The number of hydrogen-bond donors (Lipinski definition) is 1. The van der Waals surface area contributed by atoms with Crippen LogP contribution >= 0.6 is 11.3 Å². The molecule has 0 aliphatic heterocycles. The SMILES string of the molecule is CC(Nc1ncc(C)s1)=C1C=CC=C1. The van der Waals surface area contributed by atoms with E-state index in [0.29, 0.717) is 0 Å². The van der Waals surface area contributed by atoms with Crippen LogP contribution in [-0.4, -0.2) is 4.98 Å². The second-order valence-corrected chi connectivity index (χ2v) is 4.43. The molecule has 1 aliphatic rings. The Balaban J connectivity index is 2.15. The van der Waals surface area contributed by atoms with Gasteiger partial charge in [-0.2, -0.15) is 0 Å². The molecule has 0 spiro atoms. The van der Waals surface area contributed by atoms with Crippen LogP contribution in [0.25, 0.3) is 0 Å². The van der Waals surface area contributed by atoms with Crippen LogP contribution in [0.5, 0.6) is 0 Å². The van der Waals surface area contributed by atoms with E-state index < -0.39 is 0 Å². The second-order valence-electron chi connectivity index (χ2n) is 3.20. The van der Waals surface area contributed by atoms with Crippen molar-refractivity contribution >= 4 is 16.5 Å². The number of thiazole rings is 1. The predicted octanol–water partition coefficient (Wildman–Crippen LogP) is 3.26. The molecule has 72 valence electrons. The average Bonchev–Trinajstić information content (AvgIpc) is 2.75. The van der Waals surface area contributed by atoms with Crippen molar-refractivity contribution in [2.24, 2.45) is 0 Å². The molecular formula is C11H12N2S. The van der Waals surface area contributed by atoms with Crippen molar-refractivity contribution in [2.75, 3.05) is 5.32 Å². The van der Waals surface area contributed by atoms with Crippen molar-refractivity contribution in [3.8, 4) is 0 Å². The molecule has 0 aromatic carbocycles. The fourth-order valence-electron chi connectivity index (χ4n) is 1.27. The Kier molecular flexibility index (Phi) is 2.50. The summed E-state index contributed by atoms with van der Waals surface area (Å²) in [5.74, 6) is 0. The maximum absolute atomic E-state index is 4.25. The van der Waals surface area contributed by atoms with Gasteiger partial charge in [0.2, 0.25) is 0 Å². The standard InChI is InChI=1S/C11H12N2S/c1-8-7-12-11(14-8)13-9(2)10-5-3-4-6-10/h3-7H,1-2H3,(H,12,13). The molecule has 0 unspecified atom stereocenters. The average molecular weight is 204 g/mol. The van der Waals surface area contributed by atoms with Gasteiger partial charge in [0.1, 0.15) is 0 Å². The molecule has 14 heavy (non-hydrogen) atoms. The van der Waals surface area contributed by atoms with Crippen molar-refractivity contribution in [1.29, 1.82) is 0 Å². The molecule has 1 aliphatic carbocycles. The minimum Gasteiger partial charge on any atom is -0.335 e. The highest BCUT2D eigenvalue weighted by molar-refractivity contribution is 7.15. The first-order valence-electron chi connectivity index (χ1n) is 4.51. The lowest BCUT2D eigenvalue weighted by Crippen LogP contribution is -1.96. The van der Waals surface area contributed by atoms with Crippen molar-refractivity contribution < 1.29 is 0 Å². The molecule has 1 aromatic rings. The van der Waals surface area contributed by atoms with Crippen LogP contribution < -0.4 is 5.32 Å². The molecule has 1 N–H and O–H groups in total. The van der Waals surface area contributed by atoms with Crippen LogP contribution in [0.2, 0.25) is 0 Å². The van der Waals surface area contributed by atoms with Crippen LogP contribution in [0.4, 0.5) is 5.13 Å². The number of aromatic nitrogens is 1. The van der Waals surface area contributed by atoms with Crippen LogP contribution in [0.1, 0.15) is 11.8 Å². The van der Waals surface area contributed by atoms with Gasteiger partial charge in [0.25, 0.3) is 0 Å². The minimum atomic E-state index is 0.959. The van der Waals surface area contributed by atoms with Gasteiger partial charge in [0, 0.05) is 16.8 Å². The number of nitrogens with one attached hydrogen (secondary N) is 1. The molecule has 1 aromatic heterocycles. The van der Waals surface area contributed by atoms with Gasteiger partial charge < -0.3 is 5.32 Å². The lowest BCUT2D eigenvalue weighted by molar-refractivity contribution is 1.29. The first kappa shape index (κ1) is 9.21. The Labute approximate surface area is 87.7 Å². The Morgan fingerprint density at radius 3 is 2.64 bits per heavy atom. The van der Waals surface area contributed by atoms with Gasteiger partial charge in [0.15, 0.2) is 5.13 Å². The minimum absolute atomic E-state index is 0.959. The first-order chi connectivity index (χ1) is 6.75. The summed E-state index contributed by atoms with van der Waals surface area (Å²) in [5, 5.41) is 4.25. The van der Waals surface area contributed by atoms with E-state index in [1.807, 2.05) is 18.3 Å². The number of allylic oxidation sites excluding steroid dienone is 6. The van der Waals surface area contributed by atoms with Gasteiger partial charge in [-0.05, 0) is 19.4 Å². The number of aryl methyl sites for hydroxylation is 1. The normalized spacial score (nSPS) is 13.7. The van der Waals surface area contributed by atoms with Crippen molar-refractivity contribution in [3.05, 3.63) is 46.6 Å². The van der Waals surface area contributed by atoms with Crippen LogP contribution in [0.15, 0.2) is 41.8 Å². The molecule has 3 heteroatoms. The molecule has 2 rings (SSSR count). The van der Waals surface area contributed by atoms with Gasteiger partial charge in [-0.1, -0.05) is 24.3 Å². The van der Waals surface area contributed by atoms with Crippen molar-refractivity contribution in [3.63, 3.8) is 0 Å². The molecule has 0 bridgehead atoms. The molecule has 0 saturated carbocycles. The van der Waals surface area contributed by atoms with E-state index in [9.17, 15) is 0 Å². The number of nitrogens with zero attached hydrogens (tertiary/aromatic N) is 1. The van der Waals surface area contributed by atoms with Crippen LogP contribution in [0, 0.1) is 6.92 Å². The van der Waals surface area contributed by atoms with Crippen LogP contribution in [0.3, 0.4) is 0 Å². The van der Waals surface area contributed by atoms with Crippen molar-refractivity contribution in [1.82, 2.24) is 4.98 Å². The van der Waals surface area contributed by atoms with Gasteiger partial charge in [-0.25, -0.2) is 4.98 Å². The van der Waals surface area contributed by atoms with E-state index in [0.717, 1.165) is 10.8 Å². The predicted molar refractivity (Wildman–Crippen MR) is 61.5 cm³/mol. The monoisotopic (exact) mass is 204 g/mol. The second kappa shape index (κ2) is 3.80. The smallest absolute Gasteiger partial charge is 0.187 e. The highest BCUT2D eigenvalue weighted by atomic mass is 32.1. The van der Waals surface area contributed by atoms with E-state index >= 15 is 0 Å². The zero-order chi connectivity index (χ0) is 9.97. The van der Waals surface area contributed by atoms with E-state index in [-0.39, 0.29) is 0 Å². The Hall–Kier alpha value is -1.35. The highest BCUT2D eigenvalue weighted by Gasteiger charge is 2.02. The summed E-state index contributed by atoms with van der Waals surface area (Å²) in [6.07, 6.45) is 10.1. The zero-order valence-corrected chi connectivity index (χ0v) is 9.06. The van der Waals surface area contributed by atoms with Crippen LogP contribution in [-0.2, 0) is 0 Å². The summed E-state index contributed by atoms with van der Waals surface area (Å²) in [4.78, 5) is 5.48. The highest BCUT2D eigenvalue weighted by Crippen LogP contribution is 2.20. The molecule has 0 fully saturated rings. The van der Waals surface area contributed by atoms with Gasteiger partial charge in [-0.15, -0.1) is 11.3 Å². The fraction of sp³-hybridized carbons (Fsp3) is 0.182. The summed E-state index contributed by atoms with van der Waals surface area (Å²) in [5.41, 5.74) is 2.36. The summed E-state index contributed by atoms with van der Waals surface area (Å²) in [7, 11) is 0. The Morgan fingerprint density at radius 1 is 1.36 bits per heavy atom. The summed E-state index contributed by atoms with van der Waals surface area (Å²) in [6, 6.07) is 0. The Morgan fingerprint density at radius 2 is 2.07 bits per heavy atom. The third-order valence-electron chi connectivity index (χ3n) is 2.01. The molecular weight excluding hydrogens is 192 g/mol. The van der Waals surface area contributed by atoms with Gasteiger partial charge in [0.05, 0.1) is 0 Å². The lowest BCUT2D eigenvalue weighted by atomic mass is 10.2. The summed E-state index contributed by atoms with van der Waals surface area (Å²) >= 11 is 1.67. The molecule has 0 amide bonds. The topological polar surface area (TPSA) is 24.9 Å². The molecule has 0 saturated heterocycles. The van der Waals surface area contributed by atoms with E-state index in [2.05, 4.69) is 36.3 Å². The third kappa shape index (κ3) is 1.93. The van der Waals surface area contributed by atoms with E-state index in [4.69, 9.17) is 0 Å². The van der Waals surface area contributed by atoms with E-state index in [1.54, 1.807) is 11.3 Å². The number of hydrogen-bond acceptors (Lipinski definition) is 3. The van der Waals surface area contributed by atoms with Gasteiger partial charge >= 0.3 is 0 Å². The maximum atomic E-state index is 4.25. The molecule has 2 nitrogen and oxygen atoms in total. The summed E-state index contributed by atoms with van der Waals surface area (Å²) < 4.78 is 0. The van der Waals surface area contributed by atoms with E-state index in [1.165, 1.54) is 10.5 Å². The Bertz CT molecular complexity index is 410. The lowest BCUT2D eigenvalue weighted by Gasteiger charge is -2.03. The van der Waals surface area contributed by atoms with Crippen molar-refractivity contribution in [2.45, 2.75) is 13.8 Å². The number of anilines is 1. The quantitative estimate of drug-likeness (QED) is 0.799. The third-order valence-corrected chi connectivity index (χ3v) is 2.84. The zero-order valence-electron chi connectivity index (χ0n) is 8.24. The largest absolute Gasteiger partial charge is 0.335 e. The molecule has 1 heterocycles. The molecule has 0 atom stereocenters. The summed E-state index contributed by atoms with van der Waals surface area (Å²) in [6.45, 7) is 4.12. The fourth-order valence-corrected chi connectivity index (χ4v) is 1.99. The van der Waals surface area contributed by atoms with Gasteiger partial charge in [-0.3, -0.25) is 0 Å². The number of rotatable bonds is 2.